The van der Waals surface area contributed by atoms with Gasteiger partial charge in [-0.15, -0.1) is 5.10 Å². The molecule has 0 radical (unpaired) electrons. The summed E-state index contributed by atoms with van der Waals surface area (Å²) in [5.74, 6) is 0. The van der Waals surface area contributed by atoms with E-state index in [1.807, 2.05) is 24.3 Å². The molecule has 2 aromatic heterocycles. The van der Waals surface area contributed by atoms with Gasteiger partial charge in [-0.2, -0.15) is 0 Å². The molecule has 100 valence electrons. The molecule has 3 rings (SSSR count). The number of nitrogens with zero attached hydrogens (tertiary/aromatic N) is 4. The summed E-state index contributed by atoms with van der Waals surface area (Å²) in [4.78, 5) is 4.01. The quantitative estimate of drug-likeness (QED) is 0.781. The molecule has 0 bridgehead atoms. The fourth-order valence-corrected chi connectivity index (χ4v) is 2.07. The number of hydrogen-bond acceptors (Lipinski definition) is 4. The van der Waals surface area contributed by atoms with Gasteiger partial charge in [-0.05, 0) is 41.8 Å². The maximum Gasteiger partial charge on any atom is 0.0900 e. The van der Waals surface area contributed by atoms with Crippen LogP contribution in [0.3, 0.4) is 0 Å². The van der Waals surface area contributed by atoms with Crippen molar-refractivity contribution in [1.29, 1.82) is 0 Å². The Bertz CT molecular complexity index is 677. The Hall–Kier alpha value is -2.53. The van der Waals surface area contributed by atoms with E-state index in [4.69, 9.17) is 0 Å². The third kappa shape index (κ3) is 2.57. The van der Waals surface area contributed by atoms with Crippen LogP contribution in [0.25, 0.3) is 5.69 Å². The summed E-state index contributed by atoms with van der Waals surface area (Å²) < 4.78 is 1.64. The third-order valence-corrected chi connectivity index (χ3v) is 3.12. The molecule has 0 amide bonds. The van der Waals surface area contributed by atoms with Crippen LogP contribution < -0.4 is 0 Å². The highest BCUT2D eigenvalue weighted by Crippen LogP contribution is 2.13. The Morgan fingerprint density at radius 3 is 2.35 bits per heavy atom. The van der Waals surface area contributed by atoms with E-state index in [0.29, 0.717) is 5.69 Å². The molecule has 2 heterocycles. The highest BCUT2D eigenvalue weighted by Gasteiger charge is 2.05. The van der Waals surface area contributed by atoms with Gasteiger partial charge in [0, 0.05) is 12.4 Å². The van der Waals surface area contributed by atoms with Crippen LogP contribution in [-0.2, 0) is 13.0 Å². The molecule has 0 spiro atoms. The molecular weight excluding hydrogens is 252 g/mol. The molecular formula is C15H14N4O. The topological polar surface area (TPSA) is 63.8 Å². The lowest BCUT2D eigenvalue weighted by Gasteiger charge is -2.06. The number of pyridine rings is 1. The SMILES string of the molecule is OCc1cnnn1-c1ccc(Cc2ccncc2)cc1. The maximum absolute atomic E-state index is 9.21. The number of aliphatic hydroxyl groups is 1. The van der Waals surface area contributed by atoms with Crippen LogP contribution in [0.15, 0.2) is 55.0 Å². The molecule has 1 N–H and O–H groups in total. The molecule has 0 aliphatic carbocycles. The Kier molecular flexibility index (Phi) is 3.52. The first kappa shape index (κ1) is 12.5. The first-order valence-electron chi connectivity index (χ1n) is 6.35. The minimum atomic E-state index is -0.0776. The van der Waals surface area contributed by atoms with E-state index in [9.17, 15) is 5.11 Å². The lowest BCUT2D eigenvalue weighted by Crippen LogP contribution is -2.02. The fraction of sp³-hybridized carbons (Fsp3) is 0.133. The van der Waals surface area contributed by atoms with E-state index in [-0.39, 0.29) is 6.61 Å². The van der Waals surface area contributed by atoms with Gasteiger partial charge in [-0.3, -0.25) is 4.98 Å². The summed E-state index contributed by atoms with van der Waals surface area (Å²) >= 11 is 0. The number of aromatic nitrogens is 4. The van der Waals surface area contributed by atoms with Crippen LogP contribution in [0.2, 0.25) is 0 Å². The molecule has 0 aliphatic heterocycles. The summed E-state index contributed by atoms with van der Waals surface area (Å²) in [7, 11) is 0. The molecule has 5 heteroatoms. The molecule has 3 aromatic rings. The normalized spacial score (nSPS) is 10.7. The fourth-order valence-electron chi connectivity index (χ4n) is 2.07. The van der Waals surface area contributed by atoms with E-state index in [2.05, 4.69) is 27.4 Å². The van der Waals surface area contributed by atoms with Crippen molar-refractivity contribution in [1.82, 2.24) is 20.0 Å². The smallest absolute Gasteiger partial charge is 0.0900 e. The van der Waals surface area contributed by atoms with Crippen molar-refractivity contribution >= 4 is 0 Å². The van der Waals surface area contributed by atoms with Gasteiger partial charge in [0.05, 0.1) is 24.2 Å². The number of rotatable bonds is 4. The highest BCUT2D eigenvalue weighted by molar-refractivity contribution is 5.36. The second-order valence-corrected chi connectivity index (χ2v) is 4.49. The molecule has 0 fully saturated rings. The van der Waals surface area contributed by atoms with Crippen LogP contribution >= 0.6 is 0 Å². The molecule has 0 saturated carbocycles. The maximum atomic E-state index is 9.21. The molecule has 0 atom stereocenters. The number of benzene rings is 1. The van der Waals surface area contributed by atoms with Crippen molar-refractivity contribution in [2.45, 2.75) is 13.0 Å². The van der Waals surface area contributed by atoms with Crippen LogP contribution in [0.4, 0.5) is 0 Å². The minimum absolute atomic E-state index is 0.0776. The van der Waals surface area contributed by atoms with E-state index < -0.39 is 0 Å². The molecule has 1 aromatic carbocycles. The van der Waals surface area contributed by atoms with Crippen molar-refractivity contribution in [2.24, 2.45) is 0 Å². The van der Waals surface area contributed by atoms with Crippen molar-refractivity contribution in [3.63, 3.8) is 0 Å². The number of hydrogen-bond donors (Lipinski definition) is 1. The predicted molar refractivity (Wildman–Crippen MR) is 74.3 cm³/mol. The van der Waals surface area contributed by atoms with Gasteiger partial charge in [-0.1, -0.05) is 17.3 Å². The zero-order valence-corrected chi connectivity index (χ0v) is 10.8. The largest absolute Gasteiger partial charge is 0.390 e. The van der Waals surface area contributed by atoms with Crippen molar-refractivity contribution < 1.29 is 5.11 Å². The molecule has 20 heavy (non-hydrogen) atoms. The average molecular weight is 266 g/mol. The summed E-state index contributed by atoms with van der Waals surface area (Å²) in [6, 6.07) is 12.1. The Morgan fingerprint density at radius 1 is 0.950 bits per heavy atom. The molecule has 5 nitrogen and oxygen atoms in total. The zero-order chi connectivity index (χ0) is 13.8. The number of aliphatic hydroxyl groups excluding tert-OH is 1. The first-order chi connectivity index (χ1) is 9.86. The summed E-state index contributed by atoms with van der Waals surface area (Å²) in [5.41, 5.74) is 4.01. The van der Waals surface area contributed by atoms with E-state index >= 15 is 0 Å². The van der Waals surface area contributed by atoms with Gasteiger partial charge < -0.3 is 5.11 Å². The van der Waals surface area contributed by atoms with E-state index in [1.54, 1.807) is 23.3 Å². The lowest BCUT2D eigenvalue weighted by atomic mass is 10.1. The summed E-state index contributed by atoms with van der Waals surface area (Å²) in [6.45, 7) is -0.0776. The highest BCUT2D eigenvalue weighted by atomic mass is 16.3. The monoisotopic (exact) mass is 266 g/mol. The van der Waals surface area contributed by atoms with Crippen molar-refractivity contribution in [3.8, 4) is 5.69 Å². The first-order valence-corrected chi connectivity index (χ1v) is 6.35. The zero-order valence-electron chi connectivity index (χ0n) is 10.8. The van der Waals surface area contributed by atoms with Crippen molar-refractivity contribution in [3.05, 3.63) is 71.8 Å². The Labute approximate surface area is 116 Å². The van der Waals surface area contributed by atoms with Gasteiger partial charge >= 0.3 is 0 Å². The standard InChI is InChI=1S/C15H14N4O/c20-11-15-10-17-18-19(15)14-3-1-12(2-4-14)9-13-5-7-16-8-6-13/h1-8,10,20H,9,11H2. The van der Waals surface area contributed by atoms with Crippen molar-refractivity contribution in [2.75, 3.05) is 0 Å². The summed E-state index contributed by atoms with van der Waals surface area (Å²) in [6.07, 6.45) is 6.02. The second-order valence-electron chi connectivity index (χ2n) is 4.49. The third-order valence-electron chi connectivity index (χ3n) is 3.12. The average Bonchev–Trinajstić information content (AvgIpc) is 2.98. The van der Waals surface area contributed by atoms with Crippen LogP contribution in [0, 0.1) is 0 Å². The molecule has 0 saturated heterocycles. The van der Waals surface area contributed by atoms with E-state index in [1.165, 1.54) is 11.1 Å². The second kappa shape index (κ2) is 5.63. The van der Waals surface area contributed by atoms with Crippen LogP contribution in [0.5, 0.6) is 0 Å². The van der Waals surface area contributed by atoms with Gasteiger partial charge in [0.2, 0.25) is 0 Å². The molecule has 0 unspecified atom stereocenters. The van der Waals surface area contributed by atoms with Crippen LogP contribution in [0.1, 0.15) is 16.8 Å². The lowest BCUT2D eigenvalue weighted by molar-refractivity contribution is 0.273. The van der Waals surface area contributed by atoms with Gasteiger partial charge in [0.1, 0.15) is 0 Å². The Balaban J connectivity index is 1.81. The Morgan fingerprint density at radius 2 is 1.65 bits per heavy atom. The minimum Gasteiger partial charge on any atom is -0.390 e. The van der Waals surface area contributed by atoms with Gasteiger partial charge in [0.25, 0.3) is 0 Å². The molecule has 0 aliphatic rings. The van der Waals surface area contributed by atoms with E-state index in [0.717, 1.165) is 12.1 Å². The predicted octanol–water partition coefficient (Wildman–Crippen LogP) is 1.75. The van der Waals surface area contributed by atoms with Gasteiger partial charge in [0.15, 0.2) is 0 Å². The van der Waals surface area contributed by atoms with Gasteiger partial charge in [-0.25, -0.2) is 4.68 Å². The summed E-state index contributed by atoms with van der Waals surface area (Å²) in [5, 5.41) is 17.0. The van der Waals surface area contributed by atoms with Crippen LogP contribution in [-0.4, -0.2) is 25.1 Å².